The van der Waals surface area contributed by atoms with Crippen LogP contribution in [0.1, 0.15) is 16.3 Å². The number of halogens is 3. The van der Waals surface area contributed by atoms with E-state index in [1.165, 1.54) is 4.88 Å². The molecule has 1 saturated heterocycles. The van der Waals surface area contributed by atoms with E-state index in [0.29, 0.717) is 26.2 Å². The van der Waals surface area contributed by atoms with E-state index in [4.69, 9.17) is 0 Å². The molecule has 1 fully saturated rings. The van der Waals surface area contributed by atoms with Crippen molar-refractivity contribution in [3.63, 3.8) is 0 Å². The molecule has 0 radical (unpaired) electrons. The number of hydrogen-bond acceptors (Lipinski definition) is 7. The Hall–Kier alpha value is -2.10. The highest BCUT2D eigenvalue weighted by Gasteiger charge is 2.35. The van der Waals surface area contributed by atoms with E-state index >= 15 is 0 Å². The van der Waals surface area contributed by atoms with Gasteiger partial charge in [-0.2, -0.15) is 18.2 Å². The number of nitrogens with zero attached hydrogens (tertiary/aromatic N) is 6. The minimum absolute atomic E-state index is 0.120. The Balaban J connectivity index is 1.79. The SMILES string of the molecule is Cc1nc(N2CCN(c3nc(N(C)C)cc(C(F)(F)F)n3)CC2)sc1C. The number of thiazole rings is 1. The van der Waals surface area contributed by atoms with Crippen LogP contribution < -0.4 is 14.7 Å². The Morgan fingerprint density at radius 1 is 1.00 bits per heavy atom. The third kappa shape index (κ3) is 3.84. The molecule has 0 amide bonds. The second-order valence-corrected chi connectivity index (χ2v) is 7.60. The summed E-state index contributed by atoms with van der Waals surface area (Å²) in [7, 11) is 3.33. The molecule has 0 atom stereocenters. The van der Waals surface area contributed by atoms with Crippen LogP contribution in [-0.4, -0.2) is 55.2 Å². The summed E-state index contributed by atoms with van der Waals surface area (Å²) in [4.78, 5) is 19.3. The lowest BCUT2D eigenvalue weighted by atomic mass is 10.3. The Bertz CT molecular complexity index is 761. The van der Waals surface area contributed by atoms with Crippen LogP contribution >= 0.6 is 11.3 Å². The number of rotatable bonds is 3. The van der Waals surface area contributed by atoms with E-state index in [1.54, 1.807) is 35.2 Å². The topological polar surface area (TPSA) is 48.4 Å². The molecular weight excluding hydrogens is 365 g/mol. The fourth-order valence-electron chi connectivity index (χ4n) is 2.63. The fourth-order valence-corrected chi connectivity index (χ4v) is 3.59. The lowest BCUT2D eigenvalue weighted by Crippen LogP contribution is -2.47. The Kier molecular flexibility index (Phi) is 4.96. The smallest absolute Gasteiger partial charge is 0.363 e. The molecule has 2 aromatic heterocycles. The lowest BCUT2D eigenvalue weighted by Gasteiger charge is -2.35. The summed E-state index contributed by atoms with van der Waals surface area (Å²) in [6, 6.07) is 0.973. The highest BCUT2D eigenvalue weighted by atomic mass is 32.1. The van der Waals surface area contributed by atoms with Gasteiger partial charge >= 0.3 is 6.18 Å². The first-order valence-electron chi connectivity index (χ1n) is 8.22. The van der Waals surface area contributed by atoms with Crippen LogP contribution in [0, 0.1) is 13.8 Å². The van der Waals surface area contributed by atoms with E-state index in [9.17, 15) is 13.2 Å². The molecule has 0 aromatic carbocycles. The van der Waals surface area contributed by atoms with Gasteiger partial charge in [-0.25, -0.2) is 9.97 Å². The molecule has 0 unspecified atom stereocenters. The average molecular weight is 386 g/mol. The molecule has 26 heavy (non-hydrogen) atoms. The molecule has 0 bridgehead atoms. The van der Waals surface area contributed by atoms with Crippen molar-refractivity contribution >= 4 is 28.2 Å². The highest BCUT2D eigenvalue weighted by molar-refractivity contribution is 7.15. The first-order valence-corrected chi connectivity index (χ1v) is 9.04. The molecule has 142 valence electrons. The number of anilines is 3. The molecule has 1 aliphatic rings. The largest absolute Gasteiger partial charge is 0.433 e. The molecule has 0 aliphatic carbocycles. The summed E-state index contributed by atoms with van der Waals surface area (Å²) in [5.41, 5.74) is 0.101. The molecule has 10 heteroatoms. The van der Waals surface area contributed by atoms with Crippen molar-refractivity contribution in [2.75, 3.05) is 55.0 Å². The lowest BCUT2D eigenvalue weighted by molar-refractivity contribution is -0.141. The molecule has 0 saturated carbocycles. The summed E-state index contributed by atoms with van der Waals surface area (Å²) >= 11 is 1.64. The van der Waals surface area contributed by atoms with E-state index < -0.39 is 11.9 Å². The van der Waals surface area contributed by atoms with Gasteiger partial charge in [0, 0.05) is 51.2 Å². The number of aromatic nitrogens is 3. The summed E-state index contributed by atoms with van der Waals surface area (Å²) in [6.07, 6.45) is -4.50. The van der Waals surface area contributed by atoms with Gasteiger partial charge in [-0.1, -0.05) is 0 Å². The maximum atomic E-state index is 13.2. The van der Waals surface area contributed by atoms with Gasteiger partial charge in [0.2, 0.25) is 5.95 Å². The van der Waals surface area contributed by atoms with Gasteiger partial charge in [0.05, 0.1) is 5.69 Å². The minimum Gasteiger partial charge on any atom is -0.363 e. The number of alkyl halides is 3. The maximum absolute atomic E-state index is 13.2. The molecule has 6 nitrogen and oxygen atoms in total. The van der Waals surface area contributed by atoms with Crippen molar-refractivity contribution < 1.29 is 13.2 Å². The number of piperazine rings is 1. The van der Waals surface area contributed by atoms with Crippen LogP contribution in [0.4, 0.5) is 30.1 Å². The van der Waals surface area contributed by atoms with E-state index in [1.807, 2.05) is 13.8 Å². The van der Waals surface area contributed by atoms with E-state index in [-0.39, 0.29) is 11.8 Å². The fraction of sp³-hybridized carbons (Fsp3) is 0.562. The second-order valence-electron chi connectivity index (χ2n) is 6.42. The van der Waals surface area contributed by atoms with Crippen molar-refractivity contribution in [1.29, 1.82) is 0 Å². The van der Waals surface area contributed by atoms with Gasteiger partial charge < -0.3 is 14.7 Å². The van der Waals surface area contributed by atoms with Crippen LogP contribution in [0.25, 0.3) is 0 Å². The molecule has 3 rings (SSSR count). The first-order chi connectivity index (χ1) is 12.1. The first kappa shape index (κ1) is 18.7. The zero-order chi connectivity index (χ0) is 19.1. The second kappa shape index (κ2) is 6.90. The predicted molar refractivity (Wildman–Crippen MR) is 97.4 cm³/mol. The normalized spacial score (nSPS) is 15.5. The Morgan fingerprint density at radius 3 is 2.12 bits per heavy atom. The molecular formula is C16H21F3N6S. The van der Waals surface area contributed by atoms with Crippen molar-refractivity contribution in [3.8, 4) is 0 Å². The third-order valence-electron chi connectivity index (χ3n) is 4.30. The molecule has 1 aliphatic heterocycles. The van der Waals surface area contributed by atoms with E-state index in [0.717, 1.165) is 16.9 Å². The molecule has 0 spiro atoms. The van der Waals surface area contributed by atoms with E-state index in [2.05, 4.69) is 19.9 Å². The van der Waals surface area contributed by atoms with Gasteiger partial charge in [0.1, 0.15) is 5.82 Å². The Labute approximate surface area is 154 Å². The van der Waals surface area contributed by atoms with Gasteiger partial charge in [0.25, 0.3) is 0 Å². The molecule has 3 heterocycles. The quantitative estimate of drug-likeness (QED) is 0.808. The van der Waals surface area contributed by atoms with Crippen molar-refractivity contribution in [2.45, 2.75) is 20.0 Å². The highest BCUT2D eigenvalue weighted by Crippen LogP contribution is 2.31. The Morgan fingerprint density at radius 2 is 1.62 bits per heavy atom. The van der Waals surface area contributed by atoms with Crippen LogP contribution in [0.15, 0.2) is 6.07 Å². The molecule has 0 N–H and O–H groups in total. The molecule has 2 aromatic rings. The van der Waals surface area contributed by atoms with Crippen LogP contribution in [0.2, 0.25) is 0 Å². The van der Waals surface area contributed by atoms with Gasteiger partial charge in [-0.05, 0) is 13.8 Å². The summed E-state index contributed by atoms with van der Waals surface area (Å²) in [6.45, 7) is 6.45. The average Bonchev–Trinajstić information content (AvgIpc) is 2.93. The van der Waals surface area contributed by atoms with Crippen LogP contribution in [-0.2, 0) is 6.18 Å². The van der Waals surface area contributed by atoms with Gasteiger partial charge in [-0.15, -0.1) is 11.3 Å². The third-order valence-corrected chi connectivity index (χ3v) is 5.43. The van der Waals surface area contributed by atoms with Crippen molar-refractivity contribution in [1.82, 2.24) is 15.0 Å². The zero-order valence-electron chi connectivity index (χ0n) is 15.1. The van der Waals surface area contributed by atoms with Crippen LogP contribution in [0.3, 0.4) is 0 Å². The minimum atomic E-state index is -4.50. The van der Waals surface area contributed by atoms with Crippen molar-refractivity contribution in [2.24, 2.45) is 0 Å². The number of hydrogen-bond donors (Lipinski definition) is 0. The van der Waals surface area contributed by atoms with Crippen molar-refractivity contribution in [3.05, 3.63) is 22.3 Å². The summed E-state index contributed by atoms with van der Waals surface area (Å²) in [5.74, 6) is 0.366. The summed E-state index contributed by atoms with van der Waals surface area (Å²) < 4.78 is 39.5. The number of aryl methyl sites for hydroxylation is 2. The van der Waals surface area contributed by atoms with Crippen LogP contribution in [0.5, 0.6) is 0 Å². The standard InChI is InChI=1S/C16H21F3N6S/c1-10-11(2)26-15(20-10)25-7-5-24(6-8-25)14-21-12(16(17,18)19)9-13(22-14)23(3)4/h9H,5-8H2,1-4H3. The monoisotopic (exact) mass is 386 g/mol. The van der Waals surface area contributed by atoms with Gasteiger partial charge in [-0.3, -0.25) is 0 Å². The predicted octanol–water partition coefficient (Wildman–Crippen LogP) is 2.96. The van der Waals surface area contributed by atoms with Gasteiger partial charge in [0.15, 0.2) is 10.8 Å². The zero-order valence-corrected chi connectivity index (χ0v) is 15.9. The summed E-state index contributed by atoms with van der Waals surface area (Å²) in [5, 5.41) is 0.957. The maximum Gasteiger partial charge on any atom is 0.433 e.